The third kappa shape index (κ3) is 3.53. The van der Waals surface area contributed by atoms with Gasteiger partial charge in [0.2, 0.25) is 0 Å². The molecule has 1 atom stereocenters. The Hall–Kier alpha value is -1.69. The summed E-state index contributed by atoms with van der Waals surface area (Å²) in [5.74, 6) is 0. The second-order valence-electron chi connectivity index (χ2n) is 6.82. The summed E-state index contributed by atoms with van der Waals surface area (Å²) in [7, 11) is 0. The van der Waals surface area contributed by atoms with Gasteiger partial charge < -0.3 is 4.74 Å². The van der Waals surface area contributed by atoms with Crippen LogP contribution >= 0.6 is 0 Å². The number of piperidine rings is 1. The van der Waals surface area contributed by atoms with Crippen molar-refractivity contribution in [1.82, 2.24) is 20.0 Å². The zero-order valence-corrected chi connectivity index (χ0v) is 14.2. The summed E-state index contributed by atoms with van der Waals surface area (Å²) in [4.78, 5) is 5.20. The first-order valence-electron chi connectivity index (χ1n) is 9.02. The number of aromatic nitrogens is 2. The molecule has 0 saturated carbocycles. The van der Waals surface area contributed by atoms with Gasteiger partial charge in [-0.05, 0) is 24.9 Å². The summed E-state index contributed by atoms with van der Waals surface area (Å²) in [5, 5.41) is 7.48. The summed E-state index contributed by atoms with van der Waals surface area (Å²) in [6, 6.07) is 11.2. The monoisotopic (exact) mass is 326 g/mol. The molecule has 1 aromatic heterocycles. The number of hydrogen-bond donors (Lipinski definition) is 1. The fourth-order valence-corrected chi connectivity index (χ4v) is 3.94. The normalized spacial score (nSPS) is 23.4. The molecular formula is C19H26N4O. The van der Waals surface area contributed by atoms with Crippen molar-refractivity contribution in [3.05, 3.63) is 42.1 Å². The first kappa shape index (κ1) is 15.8. The number of ether oxygens (including phenoxy) is 1. The van der Waals surface area contributed by atoms with Crippen LogP contribution in [0.15, 0.2) is 36.5 Å². The van der Waals surface area contributed by atoms with Crippen molar-refractivity contribution in [2.75, 3.05) is 39.4 Å². The van der Waals surface area contributed by atoms with Crippen molar-refractivity contribution in [3.8, 4) is 11.3 Å². The number of hydrogen-bond acceptors (Lipinski definition) is 4. The Balaban J connectivity index is 1.43. The highest BCUT2D eigenvalue weighted by molar-refractivity contribution is 5.62. The maximum atomic E-state index is 5.50. The van der Waals surface area contributed by atoms with E-state index in [2.05, 4.69) is 50.3 Å². The Morgan fingerprint density at radius 3 is 2.79 bits per heavy atom. The largest absolute Gasteiger partial charge is 0.379 e. The van der Waals surface area contributed by atoms with Crippen molar-refractivity contribution in [1.29, 1.82) is 0 Å². The lowest BCUT2D eigenvalue weighted by atomic mass is 10.0. The molecule has 2 aliphatic rings. The van der Waals surface area contributed by atoms with Crippen LogP contribution in [-0.4, -0.2) is 65.4 Å². The van der Waals surface area contributed by atoms with Crippen LogP contribution in [0.3, 0.4) is 0 Å². The van der Waals surface area contributed by atoms with Crippen molar-refractivity contribution in [2.24, 2.45) is 0 Å². The minimum Gasteiger partial charge on any atom is -0.379 e. The highest BCUT2D eigenvalue weighted by Gasteiger charge is 2.27. The molecule has 2 aromatic rings. The Morgan fingerprint density at radius 1 is 1.12 bits per heavy atom. The highest BCUT2D eigenvalue weighted by atomic mass is 16.5. The van der Waals surface area contributed by atoms with Gasteiger partial charge in [0.1, 0.15) is 0 Å². The quantitative estimate of drug-likeness (QED) is 0.937. The number of benzene rings is 1. The molecule has 1 aromatic carbocycles. The minimum atomic E-state index is 0.676. The van der Waals surface area contributed by atoms with Gasteiger partial charge in [0.05, 0.1) is 25.1 Å². The molecule has 128 valence electrons. The fraction of sp³-hybridized carbons (Fsp3) is 0.526. The molecule has 2 fully saturated rings. The van der Waals surface area contributed by atoms with E-state index in [1.165, 1.54) is 30.5 Å². The van der Waals surface area contributed by atoms with E-state index in [4.69, 9.17) is 4.74 Å². The predicted molar refractivity (Wildman–Crippen MR) is 94.7 cm³/mol. The fourth-order valence-electron chi connectivity index (χ4n) is 3.94. The maximum Gasteiger partial charge on any atom is 0.0695 e. The topological polar surface area (TPSA) is 44.4 Å². The summed E-state index contributed by atoms with van der Waals surface area (Å²) in [6.07, 6.45) is 4.58. The minimum absolute atomic E-state index is 0.676. The van der Waals surface area contributed by atoms with Gasteiger partial charge in [0, 0.05) is 37.8 Å². The summed E-state index contributed by atoms with van der Waals surface area (Å²) in [6.45, 7) is 7.24. The predicted octanol–water partition coefficient (Wildman–Crippen LogP) is 2.37. The third-order valence-electron chi connectivity index (χ3n) is 5.22. The summed E-state index contributed by atoms with van der Waals surface area (Å²) in [5.41, 5.74) is 3.67. The lowest BCUT2D eigenvalue weighted by molar-refractivity contribution is -0.00356. The van der Waals surface area contributed by atoms with Gasteiger partial charge in [-0.15, -0.1) is 0 Å². The van der Waals surface area contributed by atoms with E-state index in [0.717, 1.165) is 45.1 Å². The van der Waals surface area contributed by atoms with E-state index in [9.17, 15) is 0 Å². The van der Waals surface area contributed by atoms with E-state index in [-0.39, 0.29) is 0 Å². The molecule has 0 amide bonds. The van der Waals surface area contributed by atoms with Gasteiger partial charge in [-0.3, -0.25) is 14.9 Å². The Bertz CT molecular complexity index is 636. The van der Waals surface area contributed by atoms with Gasteiger partial charge in [-0.1, -0.05) is 30.3 Å². The number of nitrogens with zero attached hydrogens (tertiary/aromatic N) is 3. The number of likely N-dealkylation sites (tertiary alicyclic amines) is 1. The third-order valence-corrected chi connectivity index (χ3v) is 5.22. The summed E-state index contributed by atoms with van der Waals surface area (Å²) < 4.78 is 5.50. The standard InChI is InChI=1S/C19H26N4O/c1-2-5-16(6-3-1)19-17(13-20-21-19)14-22-8-4-7-18(15-22)23-9-11-24-12-10-23/h1-3,5-6,13,18H,4,7-12,14-15H2,(H,20,21). The number of morpholine rings is 1. The Morgan fingerprint density at radius 2 is 1.96 bits per heavy atom. The molecule has 0 bridgehead atoms. The van der Waals surface area contributed by atoms with Gasteiger partial charge in [-0.2, -0.15) is 5.10 Å². The zero-order valence-electron chi connectivity index (χ0n) is 14.2. The molecule has 1 unspecified atom stereocenters. The lowest BCUT2D eigenvalue weighted by Gasteiger charge is -2.40. The molecule has 4 rings (SSSR count). The van der Waals surface area contributed by atoms with Crippen LogP contribution in [-0.2, 0) is 11.3 Å². The van der Waals surface area contributed by atoms with Crippen LogP contribution in [0.25, 0.3) is 11.3 Å². The molecule has 0 spiro atoms. The van der Waals surface area contributed by atoms with Crippen LogP contribution in [0.1, 0.15) is 18.4 Å². The highest BCUT2D eigenvalue weighted by Crippen LogP contribution is 2.24. The second kappa shape index (κ2) is 7.47. The molecule has 2 saturated heterocycles. The number of rotatable bonds is 4. The first-order valence-corrected chi connectivity index (χ1v) is 9.02. The van der Waals surface area contributed by atoms with Gasteiger partial charge in [0.15, 0.2) is 0 Å². The van der Waals surface area contributed by atoms with Crippen LogP contribution in [0.5, 0.6) is 0 Å². The molecule has 0 radical (unpaired) electrons. The SMILES string of the molecule is c1ccc(-c2[nH]ncc2CN2CCCC(N3CCOCC3)C2)cc1. The van der Waals surface area contributed by atoms with Crippen molar-refractivity contribution in [3.63, 3.8) is 0 Å². The van der Waals surface area contributed by atoms with Gasteiger partial charge in [0.25, 0.3) is 0 Å². The number of aromatic amines is 1. The molecule has 24 heavy (non-hydrogen) atoms. The molecule has 2 aliphatic heterocycles. The van der Waals surface area contributed by atoms with Crippen LogP contribution in [0, 0.1) is 0 Å². The van der Waals surface area contributed by atoms with E-state index in [0.29, 0.717) is 6.04 Å². The number of nitrogens with one attached hydrogen (secondary N) is 1. The van der Waals surface area contributed by atoms with E-state index >= 15 is 0 Å². The molecule has 5 nitrogen and oxygen atoms in total. The molecule has 0 aliphatic carbocycles. The molecule has 3 heterocycles. The van der Waals surface area contributed by atoms with E-state index in [1.807, 2.05) is 6.20 Å². The smallest absolute Gasteiger partial charge is 0.0695 e. The van der Waals surface area contributed by atoms with Crippen molar-refractivity contribution in [2.45, 2.75) is 25.4 Å². The molecule has 1 N–H and O–H groups in total. The van der Waals surface area contributed by atoms with Crippen molar-refractivity contribution < 1.29 is 4.74 Å². The van der Waals surface area contributed by atoms with Crippen LogP contribution in [0.4, 0.5) is 0 Å². The zero-order chi connectivity index (χ0) is 16.2. The Labute approximate surface area is 143 Å². The van der Waals surface area contributed by atoms with Gasteiger partial charge >= 0.3 is 0 Å². The number of H-pyrrole nitrogens is 1. The van der Waals surface area contributed by atoms with Crippen LogP contribution < -0.4 is 0 Å². The van der Waals surface area contributed by atoms with E-state index < -0.39 is 0 Å². The lowest BCUT2D eigenvalue weighted by Crippen LogP contribution is -2.51. The average molecular weight is 326 g/mol. The van der Waals surface area contributed by atoms with Crippen molar-refractivity contribution >= 4 is 0 Å². The maximum absolute atomic E-state index is 5.50. The summed E-state index contributed by atoms with van der Waals surface area (Å²) >= 11 is 0. The average Bonchev–Trinajstić information content (AvgIpc) is 3.11. The molecule has 5 heteroatoms. The van der Waals surface area contributed by atoms with Gasteiger partial charge in [-0.25, -0.2) is 0 Å². The Kier molecular flexibility index (Phi) is 4.92. The first-order chi connectivity index (χ1) is 11.9. The van der Waals surface area contributed by atoms with Crippen LogP contribution in [0.2, 0.25) is 0 Å². The van der Waals surface area contributed by atoms with E-state index in [1.54, 1.807) is 0 Å². The molecular weight excluding hydrogens is 300 g/mol. The second-order valence-corrected chi connectivity index (χ2v) is 6.82.